The standard InChI is InChI=1S/C16H21FN2O/c1-12-11-18(15-8-3-2-7-14(15)17)9-10-19(12)16(20)13-5-4-6-13/h2-3,7-8,12-13H,4-6,9-11H2,1H3. The average Bonchev–Trinajstić information content (AvgIpc) is 2.37. The summed E-state index contributed by atoms with van der Waals surface area (Å²) in [5.74, 6) is 0.368. The summed E-state index contributed by atoms with van der Waals surface area (Å²) in [4.78, 5) is 16.4. The molecular weight excluding hydrogens is 255 g/mol. The fourth-order valence-corrected chi connectivity index (χ4v) is 3.10. The molecule has 1 saturated carbocycles. The van der Waals surface area contributed by atoms with Crippen molar-refractivity contribution in [2.75, 3.05) is 24.5 Å². The van der Waals surface area contributed by atoms with Crippen LogP contribution in [0.3, 0.4) is 0 Å². The zero-order chi connectivity index (χ0) is 14.1. The zero-order valence-corrected chi connectivity index (χ0v) is 11.9. The molecule has 4 heteroatoms. The Morgan fingerprint density at radius 3 is 2.60 bits per heavy atom. The van der Waals surface area contributed by atoms with E-state index < -0.39 is 0 Å². The second-order valence-corrected chi connectivity index (χ2v) is 5.91. The van der Waals surface area contributed by atoms with Gasteiger partial charge in [-0.15, -0.1) is 0 Å². The van der Waals surface area contributed by atoms with Gasteiger partial charge in [0.15, 0.2) is 0 Å². The number of carbonyl (C=O) groups is 1. The van der Waals surface area contributed by atoms with E-state index in [4.69, 9.17) is 0 Å². The van der Waals surface area contributed by atoms with Crippen LogP contribution in [0, 0.1) is 11.7 Å². The van der Waals surface area contributed by atoms with E-state index in [-0.39, 0.29) is 17.8 Å². The van der Waals surface area contributed by atoms with E-state index >= 15 is 0 Å². The third-order valence-corrected chi connectivity index (χ3v) is 4.56. The van der Waals surface area contributed by atoms with Crippen LogP contribution < -0.4 is 4.90 Å². The maximum atomic E-state index is 13.8. The van der Waals surface area contributed by atoms with Crippen LogP contribution in [0.25, 0.3) is 0 Å². The molecule has 1 heterocycles. The molecule has 2 aliphatic rings. The summed E-state index contributed by atoms with van der Waals surface area (Å²) in [5.41, 5.74) is 0.648. The van der Waals surface area contributed by atoms with Crippen LogP contribution in [0.1, 0.15) is 26.2 Å². The lowest BCUT2D eigenvalue weighted by Gasteiger charge is -2.43. The first-order chi connectivity index (χ1) is 9.66. The molecule has 0 aromatic heterocycles. The van der Waals surface area contributed by atoms with E-state index in [1.807, 2.05) is 21.9 Å². The summed E-state index contributed by atoms with van der Waals surface area (Å²) in [6.45, 7) is 4.18. The van der Waals surface area contributed by atoms with Gasteiger partial charge in [0.1, 0.15) is 5.82 Å². The van der Waals surface area contributed by atoms with Crippen molar-refractivity contribution in [2.24, 2.45) is 5.92 Å². The number of benzene rings is 1. The molecule has 3 rings (SSSR count). The number of nitrogens with zero attached hydrogens (tertiary/aromatic N) is 2. The van der Waals surface area contributed by atoms with Crippen LogP contribution in [0.5, 0.6) is 0 Å². The molecule has 1 aliphatic heterocycles. The molecule has 0 bridgehead atoms. The van der Waals surface area contributed by atoms with Gasteiger partial charge in [-0.2, -0.15) is 0 Å². The Kier molecular flexibility index (Phi) is 3.64. The van der Waals surface area contributed by atoms with Gasteiger partial charge in [-0.1, -0.05) is 18.6 Å². The molecular formula is C16H21FN2O. The Morgan fingerprint density at radius 2 is 2.00 bits per heavy atom. The van der Waals surface area contributed by atoms with Crippen molar-refractivity contribution >= 4 is 11.6 Å². The Bertz CT molecular complexity index is 501. The highest BCUT2D eigenvalue weighted by Crippen LogP contribution is 2.30. The van der Waals surface area contributed by atoms with Crippen LogP contribution in [-0.2, 0) is 4.79 Å². The Morgan fingerprint density at radius 1 is 1.25 bits per heavy atom. The van der Waals surface area contributed by atoms with Gasteiger partial charge in [0.25, 0.3) is 0 Å². The molecule has 108 valence electrons. The van der Waals surface area contributed by atoms with E-state index in [9.17, 15) is 9.18 Å². The maximum Gasteiger partial charge on any atom is 0.226 e. The molecule has 1 unspecified atom stereocenters. The van der Waals surface area contributed by atoms with Gasteiger partial charge in [0, 0.05) is 31.6 Å². The number of amides is 1. The number of anilines is 1. The summed E-state index contributed by atoms with van der Waals surface area (Å²) in [7, 11) is 0. The number of piperazine rings is 1. The van der Waals surface area contributed by atoms with Crippen LogP contribution in [0.2, 0.25) is 0 Å². The van der Waals surface area contributed by atoms with Crippen LogP contribution in [-0.4, -0.2) is 36.5 Å². The minimum Gasteiger partial charge on any atom is -0.365 e. The van der Waals surface area contributed by atoms with Crippen molar-refractivity contribution in [3.05, 3.63) is 30.1 Å². The quantitative estimate of drug-likeness (QED) is 0.829. The molecule has 1 aromatic carbocycles. The Labute approximate surface area is 119 Å². The Balaban J connectivity index is 1.67. The van der Waals surface area contributed by atoms with Crippen molar-refractivity contribution in [3.63, 3.8) is 0 Å². The summed E-state index contributed by atoms with van der Waals surface area (Å²) in [6, 6.07) is 7.02. The van der Waals surface area contributed by atoms with Crippen molar-refractivity contribution in [1.82, 2.24) is 4.90 Å². The van der Waals surface area contributed by atoms with E-state index in [1.54, 1.807) is 6.07 Å². The highest BCUT2D eigenvalue weighted by molar-refractivity contribution is 5.80. The maximum absolute atomic E-state index is 13.8. The van der Waals surface area contributed by atoms with E-state index in [1.165, 1.54) is 12.5 Å². The van der Waals surface area contributed by atoms with Gasteiger partial charge >= 0.3 is 0 Å². The van der Waals surface area contributed by atoms with Gasteiger partial charge in [-0.05, 0) is 31.9 Å². The minimum atomic E-state index is -0.182. The lowest BCUT2D eigenvalue weighted by Crippen LogP contribution is -2.56. The predicted octanol–water partition coefficient (Wildman–Crippen LogP) is 2.66. The minimum absolute atomic E-state index is 0.149. The lowest BCUT2D eigenvalue weighted by molar-refractivity contribution is -0.140. The third-order valence-electron chi connectivity index (χ3n) is 4.56. The number of rotatable bonds is 2. The summed E-state index contributed by atoms with van der Waals surface area (Å²) >= 11 is 0. The molecule has 3 nitrogen and oxygen atoms in total. The van der Waals surface area contributed by atoms with Gasteiger partial charge in [0.05, 0.1) is 5.69 Å². The van der Waals surface area contributed by atoms with Gasteiger partial charge < -0.3 is 9.80 Å². The molecule has 1 atom stereocenters. The van der Waals surface area contributed by atoms with E-state index in [2.05, 4.69) is 6.92 Å². The third kappa shape index (κ3) is 2.39. The first-order valence-corrected chi connectivity index (χ1v) is 7.47. The second-order valence-electron chi connectivity index (χ2n) is 5.91. The average molecular weight is 276 g/mol. The summed E-state index contributed by atoms with van der Waals surface area (Å²) in [5, 5.41) is 0. The van der Waals surface area contributed by atoms with Crippen molar-refractivity contribution < 1.29 is 9.18 Å². The molecule has 1 saturated heterocycles. The van der Waals surface area contributed by atoms with Gasteiger partial charge in [-0.25, -0.2) is 4.39 Å². The summed E-state index contributed by atoms with van der Waals surface area (Å²) in [6.07, 6.45) is 3.26. The number of carbonyl (C=O) groups excluding carboxylic acids is 1. The molecule has 1 aliphatic carbocycles. The van der Waals surface area contributed by atoms with Crippen molar-refractivity contribution in [1.29, 1.82) is 0 Å². The molecule has 0 N–H and O–H groups in total. The topological polar surface area (TPSA) is 23.6 Å². The smallest absolute Gasteiger partial charge is 0.226 e. The van der Waals surface area contributed by atoms with E-state index in [0.717, 1.165) is 12.8 Å². The van der Waals surface area contributed by atoms with Crippen molar-refractivity contribution in [3.8, 4) is 0 Å². The normalized spacial score (nSPS) is 23.6. The Hall–Kier alpha value is -1.58. The van der Waals surface area contributed by atoms with Gasteiger partial charge in [-0.3, -0.25) is 4.79 Å². The first-order valence-electron chi connectivity index (χ1n) is 7.47. The largest absolute Gasteiger partial charge is 0.365 e. The number of hydrogen-bond donors (Lipinski definition) is 0. The zero-order valence-electron chi connectivity index (χ0n) is 11.9. The predicted molar refractivity (Wildman–Crippen MR) is 77.1 cm³/mol. The second kappa shape index (κ2) is 5.43. The van der Waals surface area contributed by atoms with Crippen LogP contribution in [0.4, 0.5) is 10.1 Å². The molecule has 1 amide bonds. The summed E-state index contributed by atoms with van der Waals surface area (Å²) < 4.78 is 13.8. The molecule has 20 heavy (non-hydrogen) atoms. The monoisotopic (exact) mass is 276 g/mol. The first kappa shape index (κ1) is 13.4. The molecule has 1 aromatic rings. The molecule has 0 spiro atoms. The number of hydrogen-bond acceptors (Lipinski definition) is 2. The highest BCUT2D eigenvalue weighted by atomic mass is 19.1. The lowest BCUT2D eigenvalue weighted by atomic mass is 9.84. The van der Waals surface area contributed by atoms with Crippen molar-refractivity contribution in [2.45, 2.75) is 32.2 Å². The fraction of sp³-hybridized carbons (Fsp3) is 0.562. The van der Waals surface area contributed by atoms with Gasteiger partial charge in [0.2, 0.25) is 5.91 Å². The molecule has 0 radical (unpaired) electrons. The SMILES string of the molecule is CC1CN(c2ccccc2F)CCN1C(=O)C1CCC1. The van der Waals surface area contributed by atoms with E-state index in [0.29, 0.717) is 31.2 Å². The fourth-order valence-electron chi connectivity index (χ4n) is 3.10. The highest BCUT2D eigenvalue weighted by Gasteiger charge is 2.34. The number of para-hydroxylation sites is 1. The number of halogens is 1. The van der Waals surface area contributed by atoms with Crippen LogP contribution in [0.15, 0.2) is 24.3 Å². The van der Waals surface area contributed by atoms with Crippen LogP contribution >= 0.6 is 0 Å². The molecule has 2 fully saturated rings.